The minimum absolute atomic E-state index is 0.0291. The number of rotatable bonds is 7. The van der Waals surface area contributed by atoms with Gasteiger partial charge in [-0.1, -0.05) is 37.3 Å². The summed E-state index contributed by atoms with van der Waals surface area (Å²) >= 11 is 0. The summed E-state index contributed by atoms with van der Waals surface area (Å²) in [5.41, 5.74) is 4.87. The van der Waals surface area contributed by atoms with Crippen molar-refractivity contribution < 1.29 is 14.4 Å². The van der Waals surface area contributed by atoms with Gasteiger partial charge in [-0.05, 0) is 55.4 Å². The molecule has 0 bridgehead atoms. The quantitative estimate of drug-likeness (QED) is 0.658. The summed E-state index contributed by atoms with van der Waals surface area (Å²) < 4.78 is 0. The van der Waals surface area contributed by atoms with Crippen molar-refractivity contribution in [1.29, 1.82) is 0 Å². The van der Waals surface area contributed by atoms with Gasteiger partial charge in [0.15, 0.2) is 0 Å². The molecule has 7 nitrogen and oxygen atoms in total. The lowest BCUT2D eigenvalue weighted by Crippen LogP contribution is -2.42. The van der Waals surface area contributed by atoms with E-state index >= 15 is 0 Å². The molecule has 0 aliphatic carbocycles. The molecule has 174 valence electrons. The van der Waals surface area contributed by atoms with Crippen LogP contribution >= 0.6 is 0 Å². The van der Waals surface area contributed by atoms with E-state index in [4.69, 9.17) is 4.98 Å². The van der Waals surface area contributed by atoms with Crippen molar-refractivity contribution in [3.05, 3.63) is 65.0 Å². The Labute approximate surface area is 195 Å². The van der Waals surface area contributed by atoms with E-state index in [9.17, 15) is 14.4 Å². The Morgan fingerprint density at radius 3 is 2.55 bits per heavy atom. The third kappa shape index (κ3) is 5.24. The van der Waals surface area contributed by atoms with Gasteiger partial charge in [0.2, 0.25) is 5.91 Å². The average molecular weight is 449 g/mol. The van der Waals surface area contributed by atoms with Crippen molar-refractivity contribution in [2.45, 2.75) is 57.9 Å². The van der Waals surface area contributed by atoms with Crippen LogP contribution in [-0.2, 0) is 16.0 Å². The predicted molar refractivity (Wildman–Crippen MR) is 126 cm³/mol. The van der Waals surface area contributed by atoms with Crippen molar-refractivity contribution in [2.24, 2.45) is 0 Å². The number of urea groups is 1. The van der Waals surface area contributed by atoms with Crippen LogP contribution in [0.4, 0.5) is 4.79 Å². The Morgan fingerprint density at radius 1 is 1.12 bits per heavy atom. The molecule has 0 spiro atoms. The maximum Gasteiger partial charge on any atom is 0.324 e. The Bertz CT molecular complexity index is 1010. The highest BCUT2D eigenvalue weighted by molar-refractivity contribution is 6.05. The molecule has 1 unspecified atom stereocenters. The molecular weight excluding hydrogens is 416 g/mol. The number of pyridine rings is 1. The summed E-state index contributed by atoms with van der Waals surface area (Å²) in [7, 11) is 0. The molecular formula is C26H32N4O3. The van der Waals surface area contributed by atoms with Crippen LogP contribution in [-0.4, -0.2) is 58.3 Å². The molecule has 2 aromatic rings. The zero-order valence-electron chi connectivity index (χ0n) is 19.4. The Morgan fingerprint density at radius 2 is 1.88 bits per heavy atom. The van der Waals surface area contributed by atoms with Gasteiger partial charge in [0, 0.05) is 37.4 Å². The van der Waals surface area contributed by atoms with Crippen LogP contribution < -0.4 is 5.32 Å². The smallest absolute Gasteiger partial charge is 0.324 e. The number of aryl methyl sites for hydroxylation is 1. The first-order chi connectivity index (χ1) is 16.0. The molecule has 3 heterocycles. The molecule has 1 N–H and O–H groups in total. The molecule has 7 heteroatoms. The zero-order valence-corrected chi connectivity index (χ0v) is 19.4. The van der Waals surface area contributed by atoms with E-state index in [1.54, 1.807) is 0 Å². The van der Waals surface area contributed by atoms with Gasteiger partial charge in [-0.25, -0.2) is 4.79 Å². The van der Waals surface area contributed by atoms with Gasteiger partial charge in [-0.15, -0.1) is 0 Å². The number of amides is 4. The van der Waals surface area contributed by atoms with Gasteiger partial charge in [0.05, 0.1) is 6.42 Å². The van der Waals surface area contributed by atoms with E-state index < -0.39 is 12.1 Å². The van der Waals surface area contributed by atoms with Crippen LogP contribution in [0.3, 0.4) is 0 Å². The van der Waals surface area contributed by atoms with Gasteiger partial charge in [0.1, 0.15) is 6.04 Å². The van der Waals surface area contributed by atoms with Gasteiger partial charge in [-0.3, -0.25) is 19.5 Å². The molecule has 1 atom stereocenters. The molecule has 0 radical (unpaired) electrons. The first kappa shape index (κ1) is 23.0. The monoisotopic (exact) mass is 448 g/mol. The number of benzene rings is 1. The maximum absolute atomic E-state index is 12.7. The number of nitrogens with one attached hydrogen (secondary N) is 1. The number of hydrogen-bond donors (Lipinski definition) is 1. The number of imide groups is 1. The number of hydrogen-bond acceptors (Lipinski definition) is 4. The van der Waals surface area contributed by atoms with Crippen LogP contribution in [0.1, 0.15) is 60.9 Å². The highest BCUT2D eigenvalue weighted by Crippen LogP contribution is 2.27. The van der Waals surface area contributed by atoms with Crippen molar-refractivity contribution in [1.82, 2.24) is 20.1 Å². The Kier molecular flexibility index (Phi) is 7.06. The van der Waals surface area contributed by atoms with E-state index in [2.05, 4.69) is 48.6 Å². The fourth-order valence-electron chi connectivity index (χ4n) is 4.69. The number of likely N-dealkylation sites (tertiary alicyclic amines) is 1. The minimum Gasteiger partial charge on any atom is -0.343 e. The SMILES string of the molecule is CCCN1C(=O)NC(CC(=O)N2CCC(c3ccc(Cc4ccccc4C)cn3)CC2)C1=O. The average Bonchev–Trinajstić information content (AvgIpc) is 3.09. The molecule has 2 saturated heterocycles. The van der Waals surface area contributed by atoms with Gasteiger partial charge in [-0.2, -0.15) is 0 Å². The third-order valence-corrected chi connectivity index (χ3v) is 6.70. The number of piperidine rings is 1. The van der Waals surface area contributed by atoms with Crippen molar-refractivity contribution in [2.75, 3.05) is 19.6 Å². The fraction of sp³-hybridized carbons (Fsp3) is 0.462. The summed E-state index contributed by atoms with van der Waals surface area (Å²) in [5.74, 6) is -0.0403. The second-order valence-corrected chi connectivity index (χ2v) is 9.05. The summed E-state index contributed by atoms with van der Waals surface area (Å²) in [6, 6.07) is 11.5. The van der Waals surface area contributed by atoms with Gasteiger partial charge < -0.3 is 10.2 Å². The molecule has 2 aliphatic rings. The summed E-state index contributed by atoms with van der Waals surface area (Å²) in [5, 5.41) is 2.65. The van der Waals surface area contributed by atoms with E-state index in [1.807, 2.05) is 18.0 Å². The topological polar surface area (TPSA) is 82.6 Å². The molecule has 4 amide bonds. The van der Waals surface area contributed by atoms with Crippen LogP contribution in [0.15, 0.2) is 42.6 Å². The second-order valence-electron chi connectivity index (χ2n) is 9.05. The first-order valence-corrected chi connectivity index (χ1v) is 11.8. The van der Waals surface area contributed by atoms with Gasteiger partial charge >= 0.3 is 6.03 Å². The number of nitrogens with zero attached hydrogens (tertiary/aromatic N) is 3. The fourth-order valence-corrected chi connectivity index (χ4v) is 4.69. The lowest BCUT2D eigenvalue weighted by molar-refractivity contribution is -0.136. The van der Waals surface area contributed by atoms with Crippen molar-refractivity contribution in [3.63, 3.8) is 0 Å². The van der Waals surface area contributed by atoms with Gasteiger partial charge in [0.25, 0.3) is 5.91 Å². The Balaban J connectivity index is 1.28. The number of carbonyl (C=O) groups excluding carboxylic acids is 3. The lowest BCUT2D eigenvalue weighted by atomic mass is 9.92. The standard InChI is InChI=1S/C26H32N4O3/c1-3-12-30-25(32)23(28-26(30)33)16-24(31)29-13-10-20(11-14-29)22-9-8-19(17-27-22)15-21-7-5-4-6-18(21)2/h4-9,17,20,23H,3,10-16H2,1-2H3,(H,28,33). The summed E-state index contributed by atoms with van der Waals surface area (Å²) in [6.07, 6.45) is 5.27. The maximum atomic E-state index is 12.7. The molecule has 1 aromatic carbocycles. The van der Waals surface area contributed by atoms with Crippen LogP contribution in [0.2, 0.25) is 0 Å². The largest absolute Gasteiger partial charge is 0.343 e. The minimum atomic E-state index is -0.739. The van der Waals surface area contributed by atoms with E-state index in [-0.39, 0.29) is 18.2 Å². The third-order valence-electron chi connectivity index (χ3n) is 6.70. The summed E-state index contributed by atoms with van der Waals surface area (Å²) in [6.45, 7) is 5.71. The van der Waals surface area contributed by atoms with E-state index in [1.165, 1.54) is 21.6 Å². The normalized spacial score (nSPS) is 19.2. The zero-order chi connectivity index (χ0) is 23.4. The van der Waals surface area contributed by atoms with E-state index in [0.717, 1.165) is 25.0 Å². The molecule has 33 heavy (non-hydrogen) atoms. The van der Waals surface area contributed by atoms with Crippen molar-refractivity contribution in [3.8, 4) is 0 Å². The Hall–Kier alpha value is -3.22. The highest BCUT2D eigenvalue weighted by Gasteiger charge is 2.39. The van der Waals surface area contributed by atoms with E-state index in [0.29, 0.717) is 32.0 Å². The highest BCUT2D eigenvalue weighted by atomic mass is 16.2. The van der Waals surface area contributed by atoms with Crippen LogP contribution in [0, 0.1) is 6.92 Å². The molecule has 2 aliphatic heterocycles. The van der Waals surface area contributed by atoms with Crippen LogP contribution in [0.5, 0.6) is 0 Å². The van der Waals surface area contributed by atoms with Crippen molar-refractivity contribution >= 4 is 17.8 Å². The van der Waals surface area contributed by atoms with Crippen LogP contribution in [0.25, 0.3) is 0 Å². The summed E-state index contributed by atoms with van der Waals surface area (Å²) in [4.78, 5) is 44.8. The second kappa shape index (κ2) is 10.1. The number of carbonyl (C=O) groups is 3. The molecule has 2 fully saturated rings. The number of aromatic nitrogens is 1. The lowest BCUT2D eigenvalue weighted by Gasteiger charge is -2.32. The molecule has 0 saturated carbocycles. The molecule has 4 rings (SSSR count). The predicted octanol–water partition coefficient (Wildman–Crippen LogP) is 3.41. The molecule has 1 aromatic heterocycles. The first-order valence-electron chi connectivity index (χ1n) is 11.8.